The second-order valence-corrected chi connectivity index (χ2v) is 15.6. The highest BCUT2D eigenvalue weighted by molar-refractivity contribution is 6.28. The van der Waals surface area contributed by atoms with E-state index in [0.29, 0.717) is 28.5 Å². The molecule has 0 aliphatic carbocycles. The average Bonchev–Trinajstić information content (AvgIpc) is 3.74. The Morgan fingerprint density at radius 1 is 0.729 bits per heavy atom. The number of nitrogens with one attached hydrogen (secondary N) is 1. The third-order valence-electron chi connectivity index (χ3n) is 10.8. The zero-order chi connectivity index (χ0) is 41.5. The van der Waals surface area contributed by atoms with Gasteiger partial charge in [-0.25, -0.2) is 52.4 Å². The summed E-state index contributed by atoms with van der Waals surface area (Å²) in [6.07, 6.45) is 9.62. The Hall–Kier alpha value is -5.80. The molecule has 16 heteroatoms. The van der Waals surface area contributed by atoms with Crippen LogP contribution in [0.3, 0.4) is 0 Å². The van der Waals surface area contributed by atoms with Crippen LogP contribution in [0.4, 0.5) is 29.3 Å². The summed E-state index contributed by atoms with van der Waals surface area (Å²) in [7, 11) is 0. The van der Waals surface area contributed by atoms with Gasteiger partial charge in [-0.15, -0.1) is 0 Å². The molecule has 0 radical (unpaired) electrons. The van der Waals surface area contributed by atoms with Gasteiger partial charge in [-0.05, 0) is 120 Å². The molecule has 0 bridgehead atoms. The van der Waals surface area contributed by atoms with Crippen molar-refractivity contribution in [3.05, 3.63) is 106 Å². The number of halogens is 5. The summed E-state index contributed by atoms with van der Waals surface area (Å²) in [5, 5.41) is 2.93. The Morgan fingerprint density at radius 2 is 1.34 bits per heavy atom. The maximum absolute atomic E-state index is 15.2. The predicted molar refractivity (Wildman–Crippen MR) is 221 cm³/mol. The summed E-state index contributed by atoms with van der Waals surface area (Å²) in [5.41, 5.74) is 4.38. The van der Waals surface area contributed by atoms with Gasteiger partial charge in [-0.2, -0.15) is 0 Å². The van der Waals surface area contributed by atoms with Crippen molar-refractivity contribution >= 4 is 51.5 Å². The largest absolute Gasteiger partial charge is 0.326 e. The Labute approximate surface area is 343 Å². The number of rotatable bonds is 11. The minimum atomic E-state index is -0.684. The first-order valence-corrected chi connectivity index (χ1v) is 19.9. The summed E-state index contributed by atoms with van der Waals surface area (Å²) >= 11 is 5.91. The molecule has 0 amide bonds. The fourth-order valence-corrected chi connectivity index (χ4v) is 8.19. The van der Waals surface area contributed by atoms with Crippen LogP contribution in [0.2, 0.25) is 5.28 Å². The zero-order valence-electron chi connectivity index (χ0n) is 33.2. The van der Waals surface area contributed by atoms with Crippen molar-refractivity contribution < 1.29 is 17.6 Å². The molecule has 0 saturated carbocycles. The van der Waals surface area contributed by atoms with Gasteiger partial charge in [0.05, 0.1) is 23.4 Å². The van der Waals surface area contributed by atoms with E-state index in [1.165, 1.54) is 17.7 Å². The molecule has 1 N–H and O–H groups in total. The van der Waals surface area contributed by atoms with Crippen molar-refractivity contribution in [3.63, 3.8) is 0 Å². The molecule has 8 rings (SSSR count). The monoisotopic (exact) mass is 823 g/mol. The summed E-state index contributed by atoms with van der Waals surface area (Å²) in [6, 6.07) is 9.72. The van der Waals surface area contributed by atoms with Crippen molar-refractivity contribution in [1.29, 1.82) is 0 Å². The normalized spacial score (nSPS) is 14.2. The van der Waals surface area contributed by atoms with Crippen LogP contribution in [0.25, 0.3) is 50.7 Å². The van der Waals surface area contributed by atoms with Gasteiger partial charge in [0.2, 0.25) is 11.2 Å². The molecule has 6 heterocycles. The zero-order valence-corrected chi connectivity index (χ0v) is 34.0. The number of hydrogen-bond acceptors (Lipinski definition) is 9. The molecule has 5 aromatic heterocycles. The predicted octanol–water partition coefficient (Wildman–Crippen LogP) is 10.4. The van der Waals surface area contributed by atoms with Crippen LogP contribution >= 0.6 is 11.6 Å². The number of likely N-dealkylation sites (tertiary alicyclic amines) is 1. The summed E-state index contributed by atoms with van der Waals surface area (Å²) in [4.78, 5) is 32.0. The minimum Gasteiger partial charge on any atom is -0.326 e. The maximum Gasteiger partial charge on any atom is 0.229 e. The SMILES string of the molecule is Cc1nc2c(F)cc(-c3nc(Nc4ccc(C=C5CCN(CCCC(C)n6c(C)nc7c(F)cc(-c8nc(Cl)ncc8F)cc76)CC5)cn4)ncc3F)cc2n1C(C)C. The molecular formula is C43H42ClF4N11. The van der Waals surface area contributed by atoms with Gasteiger partial charge in [0.1, 0.15) is 39.9 Å². The number of fused-ring (bicyclic) bond motifs is 2. The molecule has 1 aliphatic heterocycles. The minimum absolute atomic E-state index is 0.0281. The van der Waals surface area contributed by atoms with Crippen molar-refractivity contribution in [1.82, 2.24) is 48.9 Å². The fourth-order valence-electron chi connectivity index (χ4n) is 8.06. The molecule has 0 spiro atoms. The highest BCUT2D eigenvalue weighted by Gasteiger charge is 2.22. The number of benzene rings is 2. The molecule has 2 aromatic carbocycles. The standard InChI is InChI=1S/C43H42ClF4N11/c1-23(2)58-25(4)52-40-31(45)17-30(18-35(40)58)39-34(48)22-51-43(56-39)54-37-9-8-28(20-49-37)15-27-10-13-57(14-11-27)12-6-7-24(3)59-26(5)53-41-32(46)16-29(19-36(41)59)38-33(47)21-50-42(44)55-38/h8-9,15-24H,6-7,10-14H2,1-5H3,(H,49,51,54,56). The van der Waals surface area contributed by atoms with E-state index in [0.717, 1.165) is 63.3 Å². The topological polar surface area (TPSA) is 115 Å². The average molecular weight is 824 g/mol. The van der Waals surface area contributed by atoms with Crippen LogP contribution in [-0.4, -0.2) is 68.6 Å². The lowest BCUT2D eigenvalue weighted by atomic mass is 10.0. The fraction of sp³-hybridized carbons (Fsp3) is 0.326. The number of aromatic nitrogens is 9. The second kappa shape index (κ2) is 16.5. The number of piperidine rings is 1. The van der Waals surface area contributed by atoms with E-state index < -0.39 is 23.3 Å². The smallest absolute Gasteiger partial charge is 0.229 e. The molecule has 1 saturated heterocycles. The van der Waals surface area contributed by atoms with E-state index in [1.807, 2.05) is 49.0 Å². The van der Waals surface area contributed by atoms with Crippen LogP contribution in [0.5, 0.6) is 0 Å². The van der Waals surface area contributed by atoms with Crippen molar-refractivity contribution in [2.45, 2.75) is 72.4 Å². The van der Waals surface area contributed by atoms with Gasteiger partial charge >= 0.3 is 0 Å². The Kier molecular flexibility index (Phi) is 11.2. The third-order valence-corrected chi connectivity index (χ3v) is 11.0. The van der Waals surface area contributed by atoms with Crippen LogP contribution < -0.4 is 5.32 Å². The molecule has 1 atom stereocenters. The molecule has 304 valence electrons. The molecule has 1 aliphatic rings. The van der Waals surface area contributed by atoms with E-state index in [4.69, 9.17) is 11.6 Å². The van der Waals surface area contributed by atoms with Crippen LogP contribution in [0.15, 0.2) is 60.6 Å². The Balaban J connectivity index is 0.863. The summed E-state index contributed by atoms with van der Waals surface area (Å²) < 4.78 is 63.9. The highest BCUT2D eigenvalue weighted by atomic mass is 35.5. The lowest BCUT2D eigenvalue weighted by Gasteiger charge is -2.29. The van der Waals surface area contributed by atoms with Gasteiger partial charge < -0.3 is 19.4 Å². The Morgan fingerprint density at radius 3 is 1.97 bits per heavy atom. The van der Waals surface area contributed by atoms with E-state index in [9.17, 15) is 4.39 Å². The first-order chi connectivity index (χ1) is 28.3. The Bertz CT molecular complexity index is 2720. The van der Waals surface area contributed by atoms with Crippen LogP contribution in [0, 0.1) is 37.1 Å². The molecule has 11 nitrogen and oxygen atoms in total. The van der Waals surface area contributed by atoms with E-state index in [-0.39, 0.29) is 56.9 Å². The van der Waals surface area contributed by atoms with Crippen LogP contribution in [0.1, 0.15) is 75.8 Å². The number of nitrogens with zero attached hydrogens (tertiary/aromatic N) is 10. The number of imidazole rings is 2. The maximum atomic E-state index is 15.2. The number of hydrogen-bond donors (Lipinski definition) is 1. The van der Waals surface area contributed by atoms with Crippen molar-refractivity contribution in [2.24, 2.45) is 0 Å². The lowest BCUT2D eigenvalue weighted by molar-refractivity contribution is 0.247. The first-order valence-electron chi connectivity index (χ1n) is 19.5. The molecule has 59 heavy (non-hydrogen) atoms. The number of aryl methyl sites for hydroxylation is 2. The molecular weight excluding hydrogens is 782 g/mol. The van der Waals surface area contributed by atoms with Crippen molar-refractivity contribution in [3.8, 4) is 22.5 Å². The van der Waals surface area contributed by atoms with Gasteiger partial charge in [0.25, 0.3) is 0 Å². The van der Waals surface area contributed by atoms with Gasteiger partial charge in [-0.3, -0.25) is 0 Å². The summed E-state index contributed by atoms with van der Waals surface area (Å²) in [6.45, 7) is 12.5. The lowest BCUT2D eigenvalue weighted by Crippen LogP contribution is -2.31. The van der Waals surface area contributed by atoms with E-state index in [1.54, 1.807) is 18.3 Å². The number of anilines is 2. The first kappa shape index (κ1) is 40.0. The molecule has 1 fully saturated rings. The van der Waals surface area contributed by atoms with Gasteiger partial charge in [0.15, 0.2) is 23.3 Å². The molecule has 7 aromatic rings. The van der Waals surface area contributed by atoms with Crippen molar-refractivity contribution in [2.75, 3.05) is 25.0 Å². The van der Waals surface area contributed by atoms with Gasteiger partial charge in [0, 0.05) is 42.5 Å². The van der Waals surface area contributed by atoms with E-state index >= 15 is 13.2 Å². The highest BCUT2D eigenvalue weighted by Crippen LogP contribution is 2.33. The van der Waals surface area contributed by atoms with Crippen LogP contribution in [-0.2, 0) is 0 Å². The molecule has 1 unspecified atom stereocenters. The quantitative estimate of drug-likeness (QED) is 0.101. The summed E-state index contributed by atoms with van der Waals surface area (Å²) in [5.74, 6) is -0.483. The second-order valence-electron chi connectivity index (χ2n) is 15.3. The number of pyridine rings is 1. The van der Waals surface area contributed by atoms with Gasteiger partial charge in [-0.1, -0.05) is 11.6 Å². The third kappa shape index (κ3) is 8.26. The van der Waals surface area contributed by atoms with E-state index in [2.05, 4.69) is 58.1 Å².